The second-order valence-corrected chi connectivity index (χ2v) is 10.2. The molecule has 0 saturated heterocycles. The van der Waals surface area contributed by atoms with Gasteiger partial charge >= 0.3 is 0 Å². The quantitative estimate of drug-likeness (QED) is 0.199. The third kappa shape index (κ3) is 11.4. The van der Waals surface area contributed by atoms with Crippen LogP contribution in [-0.2, 0) is 6.42 Å². The lowest BCUT2D eigenvalue weighted by Crippen LogP contribution is -2.46. The topological polar surface area (TPSA) is 91.3 Å². The molecule has 40 heavy (non-hydrogen) atoms. The summed E-state index contributed by atoms with van der Waals surface area (Å²) >= 11 is 0. The minimum atomic E-state index is -0.726. The maximum Gasteiger partial charge on any atom is 0.251 e. The van der Waals surface area contributed by atoms with Crippen LogP contribution in [0.3, 0.4) is 0 Å². The predicted octanol–water partition coefficient (Wildman–Crippen LogP) is 4.72. The zero-order valence-corrected chi connectivity index (χ0v) is 23.7. The molecular formula is C33H44N2O5. The molecule has 3 aromatic carbocycles. The molecule has 216 valence electrons. The van der Waals surface area contributed by atoms with Gasteiger partial charge in [0, 0.05) is 31.2 Å². The lowest BCUT2D eigenvalue weighted by atomic mass is 10.0. The number of aryl methyl sites for hydroxylation is 1. The number of aliphatic hydroxyl groups excluding tert-OH is 2. The van der Waals surface area contributed by atoms with Crippen LogP contribution in [0.4, 0.5) is 0 Å². The summed E-state index contributed by atoms with van der Waals surface area (Å²) in [4.78, 5) is 14.4. The van der Waals surface area contributed by atoms with Crippen LogP contribution in [0.2, 0.25) is 0 Å². The first-order valence-corrected chi connectivity index (χ1v) is 14.3. The van der Waals surface area contributed by atoms with Gasteiger partial charge in [-0.25, -0.2) is 0 Å². The standard InChI is InChI=1S/C33H44N2O5/c1-3-4-21-34-33(38)28-19-17-27(18-20-28)16-15-26(2)35(22-29(36)24-39-31-11-7-5-8-12-31)23-30(37)25-40-32-13-9-6-10-14-32/h5-14,17-20,26,29-30,36-37H,3-4,15-16,21-25H2,1-2H3,(H,34,38)/t26?,29-,30?/m1/s1. The number of para-hydroxylation sites is 2. The smallest absolute Gasteiger partial charge is 0.251 e. The van der Waals surface area contributed by atoms with Crippen molar-refractivity contribution < 1.29 is 24.5 Å². The number of rotatable bonds is 18. The molecule has 0 aliphatic heterocycles. The maximum absolute atomic E-state index is 12.3. The molecule has 0 fully saturated rings. The summed E-state index contributed by atoms with van der Waals surface area (Å²) in [7, 11) is 0. The summed E-state index contributed by atoms with van der Waals surface area (Å²) in [6, 6.07) is 26.7. The molecule has 0 aliphatic rings. The Balaban J connectivity index is 1.55. The van der Waals surface area contributed by atoms with Crippen molar-refractivity contribution in [2.24, 2.45) is 0 Å². The number of amides is 1. The highest BCUT2D eigenvalue weighted by Gasteiger charge is 2.22. The largest absolute Gasteiger partial charge is 0.491 e. The van der Waals surface area contributed by atoms with E-state index in [4.69, 9.17) is 9.47 Å². The van der Waals surface area contributed by atoms with Crippen molar-refractivity contribution in [1.29, 1.82) is 0 Å². The highest BCUT2D eigenvalue weighted by atomic mass is 16.5. The fraction of sp³-hybridized carbons (Fsp3) is 0.424. The van der Waals surface area contributed by atoms with Crippen LogP contribution in [0.5, 0.6) is 11.5 Å². The number of unbranched alkanes of at least 4 members (excludes halogenated alkanes) is 1. The molecular weight excluding hydrogens is 504 g/mol. The third-order valence-corrected chi connectivity index (χ3v) is 6.77. The third-order valence-electron chi connectivity index (χ3n) is 6.77. The van der Waals surface area contributed by atoms with E-state index in [1.807, 2.05) is 84.9 Å². The van der Waals surface area contributed by atoms with E-state index in [-0.39, 0.29) is 25.2 Å². The Hall–Kier alpha value is -3.39. The molecule has 3 rings (SSSR count). The number of carbonyl (C=O) groups excluding carboxylic acids is 1. The Kier molecular flexibility index (Phi) is 13.5. The number of hydrogen-bond acceptors (Lipinski definition) is 6. The molecule has 3 N–H and O–H groups in total. The summed E-state index contributed by atoms with van der Waals surface area (Å²) in [5.74, 6) is 1.37. The number of benzene rings is 3. The van der Waals surface area contributed by atoms with Gasteiger partial charge in [0.15, 0.2) is 0 Å². The van der Waals surface area contributed by atoms with Crippen molar-refractivity contribution in [2.45, 2.75) is 57.8 Å². The zero-order valence-electron chi connectivity index (χ0n) is 23.7. The molecule has 0 aliphatic carbocycles. The van der Waals surface area contributed by atoms with Gasteiger partial charge in [0.2, 0.25) is 0 Å². The molecule has 3 atom stereocenters. The highest BCUT2D eigenvalue weighted by Crippen LogP contribution is 2.15. The second kappa shape index (κ2) is 17.3. The van der Waals surface area contributed by atoms with Gasteiger partial charge in [-0.1, -0.05) is 61.9 Å². The second-order valence-electron chi connectivity index (χ2n) is 10.2. The van der Waals surface area contributed by atoms with Crippen LogP contribution in [0.25, 0.3) is 0 Å². The van der Waals surface area contributed by atoms with Gasteiger partial charge in [0.05, 0.1) is 0 Å². The minimum absolute atomic E-state index is 0.0436. The Morgan fingerprint density at radius 2 is 1.35 bits per heavy atom. The number of hydrogen-bond donors (Lipinski definition) is 3. The van der Waals surface area contributed by atoms with Crippen molar-refractivity contribution in [3.8, 4) is 11.5 Å². The van der Waals surface area contributed by atoms with Gasteiger partial charge in [-0.2, -0.15) is 0 Å². The zero-order chi connectivity index (χ0) is 28.6. The van der Waals surface area contributed by atoms with Gasteiger partial charge in [0.1, 0.15) is 36.9 Å². The molecule has 1 amide bonds. The van der Waals surface area contributed by atoms with Crippen molar-refractivity contribution in [3.63, 3.8) is 0 Å². The molecule has 7 nitrogen and oxygen atoms in total. The van der Waals surface area contributed by atoms with Gasteiger partial charge in [0.25, 0.3) is 5.91 Å². The monoisotopic (exact) mass is 548 g/mol. The average Bonchev–Trinajstić information content (AvgIpc) is 2.99. The SMILES string of the molecule is CCCCNC(=O)c1ccc(CCC(C)N(CC(O)COc2ccccc2)C[C@@H](O)COc2ccccc2)cc1. The number of nitrogens with zero attached hydrogens (tertiary/aromatic N) is 1. The highest BCUT2D eigenvalue weighted by molar-refractivity contribution is 5.94. The first-order chi connectivity index (χ1) is 19.4. The van der Waals surface area contributed by atoms with Crippen LogP contribution in [-0.4, -0.2) is 72.1 Å². The summed E-state index contributed by atoms with van der Waals surface area (Å²) in [6.07, 6.45) is 2.19. The van der Waals surface area contributed by atoms with Crippen LogP contribution >= 0.6 is 0 Å². The van der Waals surface area contributed by atoms with E-state index in [1.165, 1.54) is 0 Å². The lowest BCUT2D eigenvalue weighted by Gasteiger charge is -2.32. The molecule has 7 heteroatoms. The van der Waals surface area contributed by atoms with Crippen LogP contribution in [0.15, 0.2) is 84.9 Å². The number of aliphatic hydroxyl groups is 2. The Bertz CT molecular complexity index is 1040. The fourth-order valence-electron chi connectivity index (χ4n) is 4.36. The first kappa shape index (κ1) is 31.1. The average molecular weight is 549 g/mol. The number of ether oxygens (including phenoxy) is 2. The number of nitrogens with one attached hydrogen (secondary N) is 1. The number of carbonyl (C=O) groups is 1. The van der Waals surface area contributed by atoms with Gasteiger partial charge in [-0.3, -0.25) is 9.69 Å². The summed E-state index contributed by atoms with van der Waals surface area (Å²) in [5, 5.41) is 24.5. The summed E-state index contributed by atoms with van der Waals surface area (Å²) < 4.78 is 11.5. The molecule has 3 aromatic rings. The fourth-order valence-corrected chi connectivity index (χ4v) is 4.36. The minimum Gasteiger partial charge on any atom is -0.491 e. The van der Waals surface area contributed by atoms with E-state index in [0.29, 0.717) is 36.7 Å². The summed E-state index contributed by atoms with van der Waals surface area (Å²) in [5.41, 5.74) is 1.80. The van der Waals surface area contributed by atoms with E-state index in [0.717, 1.165) is 31.2 Å². The molecule has 0 aromatic heterocycles. The van der Waals surface area contributed by atoms with Gasteiger partial charge in [-0.15, -0.1) is 0 Å². The molecule has 0 bridgehead atoms. The Labute approximate surface area is 238 Å². The van der Waals surface area contributed by atoms with Crippen LogP contribution in [0.1, 0.15) is 49.0 Å². The van der Waals surface area contributed by atoms with Crippen molar-refractivity contribution >= 4 is 5.91 Å². The maximum atomic E-state index is 12.3. The molecule has 2 unspecified atom stereocenters. The first-order valence-electron chi connectivity index (χ1n) is 14.3. The molecule has 0 heterocycles. The van der Waals surface area contributed by atoms with Crippen molar-refractivity contribution in [2.75, 3.05) is 32.8 Å². The van der Waals surface area contributed by atoms with E-state index in [9.17, 15) is 15.0 Å². The molecule has 0 radical (unpaired) electrons. The van der Waals surface area contributed by atoms with Crippen molar-refractivity contribution in [1.82, 2.24) is 10.2 Å². The summed E-state index contributed by atoms with van der Waals surface area (Å²) in [6.45, 7) is 5.92. The van der Waals surface area contributed by atoms with Crippen LogP contribution < -0.4 is 14.8 Å². The Morgan fingerprint density at radius 3 is 1.85 bits per heavy atom. The van der Waals surface area contributed by atoms with E-state index in [2.05, 4.69) is 24.1 Å². The lowest BCUT2D eigenvalue weighted by molar-refractivity contribution is 0.0154. The normalized spacial score (nSPS) is 13.4. The van der Waals surface area contributed by atoms with E-state index >= 15 is 0 Å². The van der Waals surface area contributed by atoms with Crippen molar-refractivity contribution in [3.05, 3.63) is 96.1 Å². The molecule has 0 spiro atoms. The molecule has 0 saturated carbocycles. The van der Waals surface area contributed by atoms with Gasteiger partial charge < -0.3 is 25.0 Å². The van der Waals surface area contributed by atoms with Crippen LogP contribution in [0, 0.1) is 0 Å². The van der Waals surface area contributed by atoms with E-state index in [1.54, 1.807) is 0 Å². The van der Waals surface area contributed by atoms with Gasteiger partial charge in [-0.05, 0) is 68.1 Å². The van der Waals surface area contributed by atoms with E-state index < -0.39 is 12.2 Å². The Morgan fingerprint density at radius 1 is 0.825 bits per heavy atom. The predicted molar refractivity (Wildman–Crippen MR) is 159 cm³/mol.